The molecular formula is C20H22O3Si2. The van der Waals surface area contributed by atoms with Crippen molar-refractivity contribution >= 4 is 17.1 Å². The van der Waals surface area contributed by atoms with Crippen molar-refractivity contribution in [3.8, 4) is 22.9 Å². The van der Waals surface area contributed by atoms with Crippen LogP contribution in [0.3, 0.4) is 0 Å². The van der Waals surface area contributed by atoms with Gasteiger partial charge in [0, 0.05) is 25.3 Å². The average Bonchev–Trinajstić information content (AvgIpc) is 2.66. The molecule has 2 unspecified atom stereocenters. The van der Waals surface area contributed by atoms with E-state index in [1.807, 2.05) is 73.8 Å². The summed E-state index contributed by atoms with van der Waals surface area (Å²) in [7, 11) is -2.20. The molecule has 0 radical (unpaired) electrons. The van der Waals surface area contributed by atoms with E-state index >= 15 is 0 Å². The fourth-order valence-electron chi connectivity index (χ4n) is 2.02. The summed E-state index contributed by atoms with van der Waals surface area (Å²) < 4.78 is 17.5. The van der Waals surface area contributed by atoms with E-state index in [9.17, 15) is 0 Å². The Morgan fingerprint density at radius 3 is 1.32 bits per heavy atom. The molecule has 2 rings (SSSR count). The molecule has 2 aromatic rings. The van der Waals surface area contributed by atoms with Crippen LogP contribution in [0.1, 0.15) is 11.1 Å². The SMILES string of the molecule is CO[Si](C)(C#Cc1ccccc1)O[Si](C)(C#Cc1ccccc1)OC. The molecule has 0 aromatic heterocycles. The summed E-state index contributed by atoms with van der Waals surface area (Å²) in [5, 5.41) is 0. The third-order valence-corrected chi connectivity index (χ3v) is 9.42. The van der Waals surface area contributed by atoms with Crippen LogP contribution < -0.4 is 0 Å². The van der Waals surface area contributed by atoms with Crippen molar-refractivity contribution in [2.24, 2.45) is 0 Å². The van der Waals surface area contributed by atoms with E-state index < -0.39 is 17.1 Å². The monoisotopic (exact) mass is 366 g/mol. The Balaban J connectivity index is 2.22. The van der Waals surface area contributed by atoms with E-state index in [0.29, 0.717) is 0 Å². The van der Waals surface area contributed by atoms with E-state index in [4.69, 9.17) is 13.0 Å². The van der Waals surface area contributed by atoms with E-state index in [0.717, 1.165) is 11.1 Å². The number of hydrogen-bond acceptors (Lipinski definition) is 3. The molecule has 5 heteroatoms. The van der Waals surface area contributed by atoms with E-state index in [1.54, 1.807) is 14.2 Å². The van der Waals surface area contributed by atoms with Gasteiger partial charge < -0.3 is 13.0 Å². The van der Waals surface area contributed by atoms with Gasteiger partial charge in [-0.25, -0.2) is 0 Å². The van der Waals surface area contributed by atoms with Gasteiger partial charge in [-0.3, -0.25) is 0 Å². The fourth-order valence-corrected chi connectivity index (χ4v) is 7.02. The summed E-state index contributed by atoms with van der Waals surface area (Å²) in [6.07, 6.45) is 0. The highest BCUT2D eigenvalue weighted by atomic mass is 28.5. The van der Waals surface area contributed by atoms with Crippen LogP contribution in [-0.4, -0.2) is 31.3 Å². The van der Waals surface area contributed by atoms with Crippen molar-refractivity contribution < 1.29 is 13.0 Å². The summed E-state index contributed by atoms with van der Waals surface area (Å²) in [6, 6.07) is 19.6. The number of benzene rings is 2. The molecule has 0 saturated heterocycles. The highest BCUT2D eigenvalue weighted by Crippen LogP contribution is 2.15. The quantitative estimate of drug-likeness (QED) is 0.611. The van der Waals surface area contributed by atoms with Crippen LogP contribution in [0.2, 0.25) is 13.1 Å². The molecule has 0 fully saturated rings. The molecule has 0 N–H and O–H groups in total. The molecule has 2 atom stereocenters. The van der Waals surface area contributed by atoms with Crippen molar-refractivity contribution in [2.75, 3.05) is 14.2 Å². The number of hydrogen-bond donors (Lipinski definition) is 0. The average molecular weight is 367 g/mol. The molecule has 0 saturated carbocycles. The Bertz CT molecular complexity index is 733. The molecular weight excluding hydrogens is 344 g/mol. The molecule has 128 valence electrons. The lowest BCUT2D eigenvalue weighted by Crippen LogP contribution is -2.50. The predicted molar refractivity (Wildman–Crippen MR) is 105 cm³/mol. The van der Waals surface area contributed by atoms with Gasteiger partial charge >= 0.3 is 17.1 Å². The third kappa shape index (κ3) is 6.02. The Morgan fingerprint density at radius 1 is 0.640 bits per heavy atom. The maximum Gasteiger partial charge on any atom is 0.412 e. The summed E-state index contributed by atoms with van der Waals surface area (Å²) in [6.45, 7) is 3.83. The summed E-state index contributed by atoms with van der Waals surface area (Å²) in [4.78, 5) is 0. The van der Waals surface area contributed by atoms with Gasteiger partial charge in [-0.05, 0) is 37.4 Å². The first-order chi connectivity index (χ1) is 12.0. The van der Waals surface area contributed by atoms with Crippen LogP contribution >= 0.6 is 0 Å². The first-order valence-electron chi connectivity index (χ1n) is 7.95. The smallest absolute Gasteiger partial charge is 0.396 e. The van der Waals surface area contributed by atoms with E-state index in [2.05, 4.69) is 22.9 Å². The zero-order valence-corrected chi connectivity index (χ0v) is 17.0. The maximum absolute atomic E-state index is 6.25. The molecule has 0 aliphatic carbocycles. The van der Waals surface area contributed by atoms with Gasteiger partial charge in [0.1, 0.15) is 0 Å². The van der Waals surface area contributed by atoms with Gasteiger partial charge in [0.2, 0.25) is 0 Å². The first-order valence-corrected chi connectivity index (χ1v) is 12.6. The van der Waals surface area contributed by atoms with Gasteiger partial charge in [-0.1, -0.05) is 59.3 Å². The molecule has 0 aliphatic heterocycles. The minimum Gasteiger partial charge on any atom is -0.396 e. The van der Waals surface area contributed by atoms with Crippen molar-refractivity contribution in [3.05, 3.63) is 71.8 Å². The molecule has 0 bridgehead atoms. The van der Waals surface area contributed by atoms with Gasteiger partial charge in [0.25, 0.3) is 0 Å². The van der Waals surface area contributed by atoms with Crippen molar-refractivity contribution in [1.82, 2.24) is 0 Å². The maximum atomic E-state index is 6.25. The highest BCUT2D eigenvalue weighted by Gasteiger charge is 2.41. The van der Waals surface area contributed by atoms with Crippen LogP contribution in [0, 0.1) is 22.9 Å². The Morgan fingerprint density at radius 2 is 1.00 bits per heavy atom. The lowest BCUT2D eigenvalue weighted by atomic mass is 10.2. The molecule has 3 nitrogen and oxygen atoms in total. The zero-order valence-electron chi connectivity index (χ0n) is 15.0. The molecule has 0 heterocycles. The number of rotatable bonds is 4. The van der Waals surface area contributed by atoms with Crippen LogP contribution in [-0.2, 0) is 13.0 Å². The molecule has 0 amide bonds. The second kappa shape index (κ2) is 8.82. The minimum atomic E-state index is -2.73. The van der Waals surface area contributed by atoms with Gasteiger partial charge in [-0.2, -0.15) is 0 Å². The largest absolute Gasteiger partial charge is 0.412 e. The van der Waals surface area contributed by atoms with Crippen LogP contribution in [0.5, 0.6) is 0 Å². The lowest BCUT2D eigenvalue weighted by Gasteiger charge is -2.28. The summed E-state index contributed by atoms with van der Waals surface area (Å²) in [5.74, 6) is 6.27. The molecule has 0 aliphatic rings. The van der Waals surface area contributed by atoms with E-state index in [-0.39, 0.29) is 0 Å². The van der Waals surface area contributed by atoms with E-state index in [1.165, 1.54) is 0 Å². The second-order valence-electron chi connectivity index (χ2n) is 5.63. The van der Waals surface area contributed by atoms with Crippen molar-refractivity contribution in [3.63, 3.8) is 0 Å². The Kier molecular flexibility index (Phi) is 6.77. The zero-order chi connectivity index (χ0) is 18.2. The lowest BCUT2D eigenvalue weighted by molar-refractivity contribution is 0.263. The minimum absolute atomic E-state index is 0.929. The Labute approximate surface area is 152 Å². The van der Waals surface area contributed by atoms with Crippen LogP contribution in [0.4, 0.5) is 0 Å². The second-order valence-corrected chi connectivity index (χ2v) is 11.5. The topological polar surface area (TPSA) is 27.7 Å². The summed E-state index contributed by atoms with van der Waals surface area (Å²) >= 11 is 0. The fraction of sp³-hybridized carbons (Fsp3) is 0.200. The van der Waals surface area contributed by atoms with Gasteiger partial charge in [0.15, 0.2) is 0 Å². The predicted octanol–water partition coefficient (Wildman–Crippen LogP) is 3.62. The van der Waals surface area contributed by atoms with Gasteiger partial charge in [-0.15, -0.1) is 0 Å². The molecule has 0 spiro atoms. The van der Waals surface area contributed by atoms with Crippen molar-refractivity contribution in [2.45, 2.75) is 13.1 Å². The molecule has 2 aromatic carbocycles. The van der Waals surface area contributed by atoms with Gasteiger partial charge in [0.05, 0.1) is 0 Å². The van der Waals surface area contributed by atoms with Crippen LogP contribution in [0.25, 0.3) is 0 Å². The summed E-state index contributed by atoms with van der Waals surface area (Å²) in [5.41, 5.74) is 8.22. The normalized spacial score (nSPS) is 14.9. The highest BCUT2D eigenvalue weighted by molar-refractivity contribution is 6.87. The third-order valence-electron chi connectivity index (χ3n) is 3.58. The standard InChI is InChI=1S/C20H22O3Si2/c1-21-24(3,17-15-19-11-7-5-8-12-19)23-25(4,22-2)18-16-20-13-9-6-10-14-20/h5-14H,1-4H3. The molecule has 25 heavy (non-hydrogen) atoms. The first kappa shape index (κ1) is 19.2. The van der Waals surface area contributed by atoms with Crippen molar-refractivity contribution in [1.29, 1.82) is 0 Å². The Hall–Kier alpha value is -2.13. The van der Waals surface area contributed by atoms with Crippen LogP contribution in [0.15, 0.2) is 60.7 Å².